The lowest BCUT2D eigenvalue weighted by Crippen LogP contribution is -2.17. The van der Waals surface area contributed by atoms with E-state index in [1.54, 1.807) is 11.8 Å². The van der Waals surface area contributed by atoms with Crippen LogP contribution >= 0.6 is 11.8 Å². The maximum Gasteiger partial charge on any atom is 0.119 e. The average molecular weight is 237 g/mol. The first kappa shape index (κ1) is 11.8. The van der Waals surface area contributed by atoms with Crippen LogP contribution in [0.1, 0.15) is 19.3 Å². The lowest BCUT2D eigenvalue weighted by atomic mass is 10.0. The summed E-state index contributed by atoms with van der Waals surface area (Å²) in [5, 5.41) is 0. The fourth-order valence-electron chi connectivity index (χ4n) is 1.86. The molecule has 0 aliphatic heterocycles. The quantitative estimate of drug-likeness (QED) is 0.773. The third-order valence-corrected chi connectivity index (χ3v) is 3.98. The minimum Gasteiger partial charge on any atom is -0.493 e. The van der Waals surface area contributed by atoms with Crippen LogP contribution in [0.5, 0.6) is 5.75 Å². The molecule has 16 heavy (non-hydrogen) atoms. The molecule has 0 aromatic heterocycles. The Morgan fingerprint density at radius 2 is 2.00 bits per heavy atom. The molecule has 88 valence electrons. The molecule has 2 rings (SSSR count). The van der Waals surface area contributed by atoms with Crippen LogP contribution in [0.25, 0.3) is 0 Å². The zero-order valence-electron chi connectivity index (χ0n) is 9.74. The highest BCUT2D eigenvalue weighted by Crippen LogP contribution is 2.48. The molecule has 0 spiro atoms. The van der Waals surface area contributed by atoms with Crippen LogP contribution in [-0.4, -0.2) is 19.4 Å². The summed E-state index contributed by atoms with van der Waals surface area (Å²) < 4.78 is 5.82. The first-order valence-corrected chi connectivity index (χ1v) is 6.97. The molecule has 1 fully saturated rings. The van der Waals surface area contributed by atoms with Gasteiger partial charge in [0.15, 0.2) is 0 Å². The lowest BCUT2D eigenvalue weighted by molar-refractivity contribution is 0.227. The average Bonchev–Trinajstić information content (AvgIpc) is 3.08. The van der Waals surface area contributed by atoms with Gasteiger partial charge in [-0.15, -0.1) is 11.8 Å². The van der Waals surface area contributed by atoms with Crippen molar-refractivity contribution in [1.29, 1.82) is 0 Å². The molecule has 0 amide bonds. The fourth-order valence-corrected chi connectivity index (χ4v) is 2.27. The van der Waals surface area contributed by atoms with E-state index in [9.17, 15) is 0 Å². The fraction of sp³-hybridized carbons (Fsp3) is 0.538. The van der Waals surface area contributed by atoms with E-state index >= 15 is 0 Å². The molecule has 0 heterocycles. The van der Waals surface area contributed by atoms with Gasteiger partial charge in [-0.3, -0.25) is 0 Å². The van der Waals surface area contributed by atoms with Gasteiger partial charge in [0, 0.05) is 10.3 Å². The van der Waals surface area contributed by atoms with Crippen molar-refractivity contribution >= 4 is 11.8 Å². The first-order chi connectivity index (χ1) is 7.78. The van der Waals surface area contributed by atoms with E-state index in [0.29, 0.717) is 5.41 Å². The van der Waals surface area contributed by atoms with Gasteiger partial charge in [0.1, 0.15) is 5.75 Å². The van der Waals surface area contributed by atoms with E-state index in [2.05, 4.69) is 18.4 Å². The largest absolute Gasteiger partial charge is 0.493 e. The minimum atomic E-state index is 0.396. The smallest absolute Gasteiger partial charge is 0.119 e. The van der Waals surface area contributed by atoms with Gasteiger partial charge in [0.05, 0.1) is 6.61 Å². The zero-order chi connectivity index (χ0) is 11.4. The Kier molecular flexibility index (Phi) is 3.77. The van der Waals surface area contributed by atoms with Gasteiger partial charge < -0.3 is 10.5 Å². The van der Waals surface area contributed by atoms with Crippen LogP contribution in [0.4, 0.5) is 0 Å². The second-order valence-corrected chi connectivity index (χ2v) is 5.38. The normalized spacial score (nSPS) is 17.1. The van der Waals surface area contributed by atoms with Crippen LogP contribution < -0.4 is 10.5 Å². The highest BCUT2D eigenvalue weighted by Gasteiger charge is 2.42. The third-order valence-electron chi connectivity index (χ3n) is 3.24. The predicted octanol–water partition coefficient (Wildman–Crippen LogP) is 2.92. The van der Waals surface area contributed by atoms with Crippen LogP contribution in [0.3, 0.4) is 0 Å². The zero-order valence-corrected chi connectivity index (χ0v) is 10.6. The SMILES string of the molecule is CSc1ccc(OCC2(CCN)CC2)cc1. The van der Waals surface area contributed by atoms with Gasteiger partial charge in [0.2, 0.25) is 0 Å². The van der Waals surface area contributed by atoms with Crippen molar-refractivity contribution in [1.82, 2.24) is 0 Å². The van der Waals surface area contributed by atoms with Crippen molar-refractivity contribution in [3.63, 3.8) is 0 Å². The topological polar surface area (TPSA) is 35.2 Å². The van der Waals surface area contributed by atoms with Crippen molar-refractivity contribution in [3.8, 4) is 5.75 Å². The standard InChI is InChI=1S/C13H19NOS/c1-16-12-4-2-11(3-5-12)15-10-13(6-7-13)8-9-14/h2-5H,6-10,14H2,1H3. The Hall–Kier alpha value is -0.670. The Bertz CT molecular complexity index is 332. The summed E-state index contributed by atoms with van der Waals surface area (Å²) in [6.07, 6.45) is 5.71. The maximum absolute atomic E-state index is 5.82. The molecule has 1 aromatic rings. The Labute approximate surface area is 102 Å². The summed E-state index contributed by atoms with van der Waals surface area (Å²) in [6, 6.07) is 8.29. The van der Waals surface area contributed by atoms with Gasteiger partial charge >= 0.3 is 0 Å². The van der Waals surface area contributed by atoms with Gasteiger partial charge in [-0.05, 0) is 56.3 Å². The molecule has 1 aliphatic rings. The molecular weight excluding hydrogens is 218 g/mol. The summed E-state index contributed by atoms with van der Waals surface area (Å²) in [5.41, 5.74) is 6.00. The number of benzene rings is 1. The van der Waals surface area contributed by atoms with E-state index < -0.39 is 0 Å². The van der Waals surface area contributed by atoms with E-state index in [0.717, 1.165) is 25.3 Å². The Balaban J connectivity index is 1.85. The second kappa shape index (κ2) is 5.11. The molecule has 1 aromatic carbocycles. The van der Waals surface area contributed by atoms with Crippen molar-refractivity contribution in [2.24, 2.45) is 11.1 Å². The summed E-state index contributed by atoms with van der Waals surface area (Å²) in [7, 11) is 0. The van der Waals surface area contributed by atoms with Gasteiger partial charge in [-0.1, -0.05) is 0 Å². The monoisotopic (exact) mass is 237 g/mol. The lowest BCUT2D eigenvalue weighted by Gasteiger charge is -2.15. The number of nitrogens with two attached hydrogens (primary N) is 1. The third kappa shape index (κ3) is 2.92. The molecule has 0 atom stereocenters. The van der Waals surface area contributed by atoms with Crippen LogP contribution in [-0.2, 0) is 0 Å². The minimum absolute atomic E-state index is 0.396. The van der Waals surface area contributed by atoms with Crippen LogP contribution in [0, 0.1) is 5.41 Å². The highest BCUT2D eigenvalue weighted by atomic mass is 32.2. The van der Waals surface area contributed by atoms with E-state index in [-0.39, 0.29) is 0 Å². The van der Waals surface area contributed by atoms with Crippen molar-refractivity contribution in [2.45, 2.75) is 24.2 Å². The van der Waals surface area contributed by atoms with Gasteiger partial charge in [-0.25, -0.2) is 0 Å². The Morgan fingerprint density at radius 3 is 2.50 bits per heavy atom. The van der Waals surface area contributed by atoms with E-state index in [4.69, 9.17) is 10.5 Å². The second-order valence-electron chi connectivity index (χ2n) is 4.50. The molecule has 1 saturated carbocycles. The number of thioether (sulfide) groups is 1. The summed E-state index contributed by atoms with van der Waals surface area (Å²) in [4.78, 5) is 1.27. The molecular formula is C13H19NOS. The van der Waals surface area contributed by atoms with Crippen LogP contribution in [0.2, 0.25) is 0 Å². The summed E-state index contributed by atoms with van der Waals surface area (Å²) >= 11 is 1.75. The molecule has 1 aliphatic carbocycles. The number of hydrogen-bond donors (Lipinski definition) is 1. The predicted molar refractivity (Wildman–Crippen MR) is 69.1 cm³/mol. The van der Waals surface area contributed by atoms with Crippen LogP contribution in [0.15, 0.2) is 29.2 Å². The maximum atomic E-state index is 5.82. The van der Waals surface area contributed by atoms with E-state index in [1.165, 1.54) is 17.7 Å². The molecule has 3 heteroatoms. The summed E-state index contributed by atoms with van der Waals surface area (Å²) in [5.74, 6) is 0.973. The molecule has 0 saturated heterocycles. The number of ether oxygens (including phenoxy) is 1. The van der Waals surface area contributed by atoms with E-state index in [1.807, 2.05) is 12.1 Å². The molecule has 0 bridgehead atoms. The van der Waals surface area contributed by atoms with Crippen molar-refractivity contribution in [3.05, 3.63) is 24.3 Å². The van der Waals surface area contributed by atoms with Crippen molar-refractivity contribution in [2.75, 3.05) is 19.4 Å². The number of rotatable bonds is 6. The van der Waals surface area contributed by atoms with Crippen molar-refractivity contribution < 1.29 is 4.74 Å². The summed E-state index contributed by atoms with van der Waals surface area (Å²) in [6.45, 7) is 1.59. The molecule has 0 radical (unpaired) electrons. The highest BCUT2D eigenvalue weighted by molar-refractivity contribution is 7.98. The number of hydrogen-bond acceptors (Lipinski definition) is 3. The molecule has 2 N–H and O–H groups in total. The Morgan fingerprint density at radius 1 is 1.31 bits per heavy atom. The van der Waals surface area contributed by atoms with Gasteiger partial charge in [0.25, 0.3) is 0 Å². The molecule has 0 unspecified atom stereocenters. The molecule has 2 nitrogen and oxygen atoms in total. The van der Waals surface area contributed by atoms with Gasteiger partial charge in [-0.2, -0.15) is 0 Å². The first-order valence-electron chi connectivity index (χ1n) is 5.75.